The van der Waals surface area contributed by atoms with Gasteiger partial charge in [0.25, 0.3) is 5.91 Å². The van der Waals surface area contributed by atoms with Crippen LogP contribution in [0.1, 0.15) is 57.4 Å². The van der Waals surface area contributed by atoms with Gasteiger partial charge in [0.2, 0.25) is 11.8 Å². The van der Waals surface area contributed by atoms with Gasteiger partial charge >= 0.3 is 0 Å². The maximum Gasteiger partial charge on any atom is 0.268 e. The van der Waals surface area contributed by atoms with Crippen LogP contribution >= 0.6 is 0 Å². The van der Waals surface area contributed by atoms with E-state index in [-0.39, 0.29) is 36.2 Å². The van der Waals surface area contributed by atoms with Crippen molar-refractivity contribution in [2.24, 2.45) is 5.92 Å². The molecular weight excluding hydrogens is 408 g/mol. The highest BCUT2D eigenvalue weighted by Gasteiger charge is 2.34. The summed E-state index contributed by atoms with van der Waals surface area (Å²) in [4.78, 5) is 42.9. The topological polar surface area (TPSA) is 104 Å². The van der Waals surface area contributed by atoms with Crippen LogP contribution < -0.4 is 15.4 Å². The number of hydrogen-bond donors (Lipinski definition) is 3. The Labute approximate surface area is 189 Å². The highest BCUT2D eigenvalue weighted by Crippen LogP contribution is 2.27. The third kappa shape index (κ3) is 5.23. The first-order valence-corrected chi connectivity index (χ1v) is 11.2. The molecule has 8 nitrogen and oxygen atoms in total. The average molecular weight is 443 g/mol. The van der Waals surface area contributed by atoms with E-state index in [2.05, 4.69) is 15.6 Å². The van der Waals surface area contributed by atoms with Crippen LogP contribution in [-0.4, -0.2) is 59.4 Å². The second kappa shape index (κ2) is 9.63. The zero-order valence-corrected chi connectivity index (χ0v) is 19.6. The quantitative estimate of drug-likeness (QED) is 0.613. The number of aromatic nitrogens is 1. The molecule has 1 aliphatic rings. The minimum atomic E-state index is -0.444. The van der Waals surface area contributed by atoms with Crippen molar-refractivity contribution in [2.75, 3.05) is 20.2 Å². The van der Waals surface area contributed by atoms with Gasteiger partial charge in [0, 0.05) is 34.9 Å². The molecule has 0 radical (unpaired) electrons. The molecule has 1 aliphatic heterocycles. The number of amides is 3. The lowest BCUT2D eigenvalue weighted by molar-refractivity contribution is -0.139. The summed E-state index contributed by atoms with van der Waals surface area (Å²) in [6.07, 6.45) is 2.39. The molecule has 2 atom stereocenters. The van der Waals surface area contributed by atoms with Crippen LogP contribution in [0.15, 0.2) is 24.3 Å². The largest absolute Gasteiger partial charge is 0.496 e. The number of methoxy groups -OCH3 is 1. The second-order valence-corrected chi connectivity index (χ2v) is 9.44. The average Bonchev–Trinajstić information content (AvgIpc) is 3.17. The lowest BCUT2D eigenvalue weighted by atomic mass is 9.90. The van der Waals surface area contributed by atoms with Crippen molar-refractivity contribution >= 4 is 28.6 Å². The molecule has 3 rings (SSSR count). The van der Waals surface area contributed by atoms with Gasteiger partial charge in [-0.15, -0.1) is 0 Å². The van der Waals surface area contributed by atoms with E-state index in [1.165, 1.54) is 0 Å². The highest BCUT2D eigenvalue weighted by molar-refractivity contribution is 6.00. The van der Waals surface area contributed by atoms with Gasteiger partial charge in [-0.1, -0.05) is 6.07 Å². The van der Waals surface area contributed by atoms with Gasteiger partial charge in [-0.2, -0.15) is 0 Å². The number of hydrogen-bond acceptors (Lipinski definition) is 4. The molecule has 0 bridgehead atoms. The summed E-state index contributed by atoms with van der Waals surface area (Å²) in [7, 11) is 1.58. The van der Waals surface area contributed by atoms with E-state index in [1.807, 2.05) is 45.9 Å². The fraction of sp³-hybridized carbons (Fsp3) is 0.542. The molecular formula is C24H34N4O4. The van der Waals surface area contributed by atoms with Crippen molar-refractivity contribution < 1.29 is 19.1 Å². The van der Waals surface area contributed by atoms with E-state index in [0.29, 0.717) is 17.9 Å². The first-order chi connectivity index (χ1) is 15.1. The van der Waals surface area contributed by atoms with Crippen LogP contribution in [0.4, 0.5) is 0 Å². The van der Waals surface area contributed by atoms with Gasteiger partial charge in [0.05, 0.1) is 13.7 Å². The molecule has 3 N–H and O–H groups in total. The van der Waals surface area contributed by atoms with Gasteiger partial charge < -0.3 is 25.3 Å². The van der Waals surface area contributed by atoms with E-state index in [1.54, 1.807) is 18.1 Å². The number of piperidine rings is 1. The molecule has 0 saturated carbocycles. The summed E-state index contributed by atoms with van der Waals surface area (Å²) in [5.41, 5.74) is 0.712. The van der Waals surface area contributed by atoms with Gasteiger partial charge in [0.15, 0.2) is 0 Å². The summed E-state index contributed by atoms with van der Waals surface area (Å²) in [5, 5.41) is 6.45. The molecule has 174 valence electrons. The number of H-pyrrole nitrogens is 1. The molecule has 0 aliphatic carbocycles. The maximum absolute atomic E-state index is 13.1. The smallest absolute Gasteiger partial charge is 0.268 e. The summed E-state index contributed by atoms with van der Waals surface area (Å²) in [6.45, 7) is 8.47. The predicted molar refractivity (Wildman–Crippen MR) is 124 cm³/mol. The van der Waals surface area contributed by atoms with E-state index >= 15 is 0 Å². The summed E-state index contributed by atoms with van der Waals surface area (Å²) < 4.78 is 5.34. The molecule has 0 unspecified atom stereocenters. The molecule has 1 saturated heterocycles. The zero-order chi connectivity index (χ0) is 23.5. The Morgan fingerprint density at radius 3 is 2.72 bits per heavy atom. The van der Waals surface area contributed by atoms with E-state index in [9.17, 15) is 14.4 Å². The molecule has 8 heteroatoms. The summed E-state index contributed by atoms with van der Waals surface area (Å²) in [5.74, 6) is 0.112. The Bertz CT molecular complexity index is 992. The van der Waals surface area contributed by atoms with Gasteiger partial charge in [-0.05, 0) is 65.2 Å². The van der Waals surface area contributed by atoms with Crippen LogP contribution in [0.3, 0.4) is 0 Å². The minimum Gasteiger partial charge on any atom is -0.496 e. The summed E-state index contributed by atoms with van der Waals surface area (Å²) >= 11 is 0. The summed E-state index contributed by atoms with van der Waals surface area (Å²) in [6, 6.07) is 7.13. The van der Waals surface area contributed by atoms with Crippen molar-refractivity contribution in [3.63, 3.8) is 0 Å². The van der Waals surface area contributed by atoms with Crippen molar-refractivity contribution in [3.8, 4) is 5.75 Å². The monoisotopic (exact) mass is 442 g/mol. The fourth-order valence-electron chi connectivity index (χ4n) is 4.62. The molecule has 3 amide bonds. The SMILES string of the molecule is COc1cccc2[nH]c(C(=O)NCC(=O)N([C@H](C)C[C@@H]3CCCNC3=O)C(C)(C)C)cc12. The highest BCUT2D eigenvalue weighted by atomic mass is 16.5. The van der Waals surface area contributed by atoms with Crippen LogP contribution in [0, 0.1) is 5.92 Å². The van der Waals surface area contributed by atoms with Crippen LogP contribution in [0.5, 0.6) is 5.75 Å². The zero-order valence-electron chi connectivity index (χ0n) is 19.6. The normalized spacial score (nSPS) is 17.5. The Balaban J connectivity index is 1.67. The van der Waals surface area contributed by atoms with Crippen molar-refractivity contribution in [1.82, 2.24) is 20.5 Å². The Morgan fingerprint density at radius 2 is 2.06 bits per heavy atom. The van der Waals surface area contributed by atoms with E-state index in [4.69, 9.17) is 4.74 Å². The van der Waals surface area contributed by atoms with Crippen molar-refractivity contribution in [3.05, 3.63) is 30.0 Å². The molecule has 1 aromatic carbocycles. The lowest BCUT2D eigenvalue weighted by Crippen LogP contribution is -2.54. The molecule has 32 heavy (non-hydrogen) atoms. The van der Waals surface area contributed by atoms with Gasteiger partial charge in [-0.3, -0.25) is 14.4 Å². The first kappa shape index (κ1) is 23.6. The number of benzene rings is 1. The Hall–Kier alpha value is -3.03. The third-order valence-electron chi connectivity index (χ3n) is 5.95. The predicted octanol–water partition coefficient (Wildman–Crippen LogP) is 2.84. The fourth-order valence-corrected chi connectivity index (χ4v) is 4.62. The number of ether oxygens (including phenoxy) is 1. The molecule has 2 heterocycles. The van der Waals surface area contributed by atoms with Crippen molar-refractivity contribution in [1.29, 1.82) is 0 Å². The lowest BCUT2D eigenvalue weighted by Gasteiger charge is -2.42. The van der Waals surface area contributed by atoms with E-state index < -0.39 is 5.54 Å². The first-order valence-electron chi connectivity index (χ1n) is 11.2. The van der Waals surface area contributed by atoms with Gasteiger partial charge in [-0.25, -0.2) is 0 Å². The molecule has 1 aromatic heterocycles. The van der Waals surface area contributed by atoms with Crippen LogP contribution in [0.2, 0.25) is 0 Å². The number of carbonyl (C=O) groups is 3. The molecule has 1 fully saturated rings. The van der Waals surface area contributed by atoms with Crippen LogP contribution in [0.25, 0.3) is 10.9 Å². The number of rotatable bonds is 7. The van der Waals surface area contributed by atoms with Gasteiger partial charge in [0.1, 0.15) is 11.4 Å². The molecule has 0 spiro atoms. The van der Waals surface area contributed by atoms with Crippen molar-refractivity contribution in [2.45, 2.75) is 58.5 Å². The second-order valence-electron chi connectivity index (χ2n) is 9.44. The number of nitrogens with zero attached hydrogens (tertiary/aromatic N) is 1. The number of nitrogens with one attached hydrogen (secondary N) is 3. The third-order valence-corrected chi connectivity index (χ3v) is 5.95. The van der Waals surface area contributed by atoms with Crippen LogP contribution in [-0.2, 0) is 9.59 Å². The number of fused-ring (bicyclic) bond motifs is 1. The molecule has 2 aromatic rings. The number of carbonyl (C=O) groups excluding carboxylic acids is 3. The van der Waals surface area contributed by atoms with E-state index in [0.717, 1.165) is 30.3 Å². The Morgan fingerprint density at radius 1 is 1.31 bits per heavy atom. The maximum atomic E-state index is 13.1. The number of aromatic amines is 1. The standard InChI is InChI=1S/C24H34N4O4/c1-15(12-16-8-7-11-25-22(16)30)28(24(2,3)4)21(29)14-26-23(31)19-13-17-18(27-19)9-6-10-20(17)32-5/h6,9-10,13,15-16,27H,7-8,11-12,14H2,1-5H3,(H,25,30)(H,26,31)/t15-,16+/m1/s1. The Kier molecular flexibility index (Phi) is 7.11. The minimum absolute atomic E-state index is 0.0620.